The number of rotatable bonds is 5. The van der Waals surface area contributed by atoms with E-state index in [1.54, 1.807) is 12.1 Å². The number of halogens is 1. The van der Waals surface area contributed by atoms with E-state index in [-0.39, 0.29) is 5.56 Å². The number of piperidine rings is 1. The number of nitrogens with one attached hydrogen (secondary N) is 1. The highest BCUT2D eigenvalue weighted by molar-refractivity contribution is 5.34. The van der Waals surface area contributed by atoms with Crippen molar-refractivity contribution in [1.82, 2.24) is 10.2 Å². The molecule has 1 aliphatic carbocycles. The lowest BCUT2D eigenvalue weighted by molar-refractivity contribution is 0.137. The van der Waals surface area contributed by atoms with Crippen molar-refractivity contribution in [3.05, 3.63) is 35.1 Å². The summed E-state index contributed by atoms with van der Waals surface area (Å²) in [6, 6.07) is 8.14. The van der Waals surface area contributed by atoms with E-state index in [0.717, 1.165) is 31.2 Å². The summed E-state index contributed by atoms with van der Waals surface area (Å²) in [4.78, 5) is 2.48. The molecule has 1 unspecified atom stereocenters. The average Bonchev–Trinajstić information content (AvgIpc) is 3.32. The van der Waals surface area contributed by atoms with Gasteiger partial charge in [0.05, 0.1) is 5.56 Å². The molecule has 1 atom stereocenters. The van der Waals surface area contributed by atoms with Gasteiger partial charge >= 0.3 is 0 Å². The first-order chi connectivity index (χ1) is 10.3. The zero-order valence-electron chi connectivity index (χ0n) is 12.3. The third-order valence-corrected chi connectivity index (χ3v) is 4.51. The molecule has 1 aliphatic heterocycles. The molecular weight excluding hydrogens is 265 g/mol. The van der Waals surface area contributed by atoms with E-state index in [1.807, 2.05) is 6.07 Å². The molecule has 1 heterocycles. The molecule has 21 heavy (non-hydrogen) atoms. The van der Waals surface area contributed by atoms with E-state index in [1.165, 1.54) is 38.2 Å². The van der Waals surface area contributed by atoms with Crippen LogP contribution in [0.3, 0.4) is 0 Å². The van der Waals surface area contributed by atoms with Gasteiger partial charge in [0.15, 0.2) is 0 Å². The van der Waals surface area contributed by atoms with Gasteiger partial charge in [-0.1, -0.05) is 12.5 Å². The first-order valence-corrected chi connectivity index (χ1v) is 7.92. The molecule has 0 spiro atoms. The minimum absolute atomic E-state index is 0.150. The van der Waals surface area contributed by atoms with Crippen LogP contribution in [0.2, 0.25) is 0 Å². The Labute approximate surface area is 125 Å². The van der Waals surface area contributed by atoms with Crippen LogP contribution >= 0.6 is 0 Å². The first-order valence-electron chi connectivity index (χ1n) is 7.92. The minimum atomic E-state index is -0.424. The Balaban J connectivity index is 1.64. The maximum Gasteiger partial charge on any atom is 0.140 e. The Hall–Kier alpha value is -1.44. The summed E-state index contributed by atoms with van der Waals surface area (Å²) in [5.74, 6) is -0.424. The highest BCUT2D eigenvalue weighted by Gasteiger charge is 2.26. The molecule has 0 amide bonds. The third-order valence-electron chi connectivity index (χ3n) is 4.51. The van der Waals surface area contributed by atoms with Crippen molar-refractivity contribution in [2.75, 3.05) is 13.1 Å². The maximum absolute atomic E-state index is 13.4. The van der Waals surface area contributed by atoms with Crippen molar-refractivity contribution in [2.24, 2.45) is 0 Å². The fourth-order valence-corrected chi connectivity index (χ4v) is 3.08. The third kappa shape index (κ3) is 3.81. The lowest BCUT2D eigenvalue weighted by atomic mass is 10.0. The zero-order chi connectivity index (χ0) is 14.7. The number of nitrogens with zero attached hydrogens (tertiary/aromatic N) is 2. The predicted octanol–water partition coefficient (Wildman–Crippen LogP) is 2.80. The summed E-state index contributed by atoms with van der Waals surface area (Å²) >= 11 is 0. The molecule has 0 bridgehead atoms. The molecular formula is C17H22FN3. The fraction of sp³-hybridized carbons (Fsp3) is 0.588. The predicted molar refractivity (Wildman–Crippen MR) is 80.2 cm³/mol. The van der Waals surface area contributed by atoms with Gasteiger partial charge in [0, 0.05) is 25.2 Å². The molecule has 1 aromatic rings. The quantitative estimate of drug-likeness (QED) is 0.905. The molecule has 2 aliphatic rings. The van der Waals surface area contributed by atoms with E-state index in [0.29, 0.717) is 6.04 Å². The lowest BCUT2D eigenvalue weighted by Gasteiger charge is -2.36. The van der Waals surface area contributed by atoms with Gasteiger partial charge < -0.3 is 5.32 Å². The highest BCUT2D eigenvalue weighted by Crippen LogP contribution is 2.23. The smallest absolute Gasteiger partial charge is 0.140 e. The summed E-state index contributed by atoms with van der Waals surface area (Å²) < 4.78 is 13.4. The summed E-state index contributed by atoms with van der Waals surface area (Å²) in [6.07, 6.45) is 6.38. The van der Waals surface area contributed by atoms with Gasteiger partial charge in [0.2, 0.25) is 0 Å². The van der Waals surface area contributed by atoms with Crippen molar-refractivity contribution >= 4 is 0 Å². The van der Waals surface area contributed by atoms with Crippen LogP contribution < -0.4 is 5.32 Å². The van der Waals surface area contributed by atoms with Crippen molar-refractivity contribution < 1.29 is 4.39 Å². The lowest BCUT2D eigenvalue weighted by Crippen LogP contribution is -2.45. The summed E-state index contributed by atoms with van der Waals surface area (Å²) in [7, 11) is 0. The monoisotopic (exact) mass is 287 g/mol. The van der Waals surface area contributed by atoms with Gasteiger partial charge in [-0.05, 0) is 49.9 Å². The first kappa shape index (κ1) is 14.5. The van der Waals surface area contributed by atoms with E-state index in [4.69, 9.17) is 5.26 Å². The molecule has 1 N–H and O–H groups in total. The van der Waals surface area contributed by atoms with Crippen molar-refractivity contribution in [3.8, 4) is 6.07 Å². The SMILES string of the molecule is N#Cc1cc(CN2CCCCC2CNC2CC2)ccc1F. The van der Waals surface area contributed by atoms with Crippen molar-refractivity contribution in [1.29, 1.82) is 5.26 Å². The molecule has 3 nitrogen and oxygen atoms in total. The molecule has 1 aromatic carbocycles. The number of hydrogen-bond acceptors (Lipinski definition) is 3. The minimum Gasteiger partial charge on any atom is -0.312 e. The number of benzene rings is 1. The molecule has 2 fully saturated rings. The number of hydrogen-bond donors (Lipinski definition) is 1. The van der Waals surface area contributed by atoms with Crippen LogP contribution in [0.25, 0.3) is 0 Å². The second kappa shape index (κ2) is 6.55. The van der Waals surface area contributed by atoms with Crippen LogP contribution in [0.15, 0.2) is 18.2 Å². The molecule has 1 saturated carbocycles. The zero-order valence-corrected chi connectivity index (χ0v) is 12.3. The second-order valence-corrected chi connectivity index (χ2v) is 6.23. The standard InChI is InChI=1S/C17H22FN3/c18-17-7-4-13(9-14(17)10-19)12-21-8-2-1-3-16(21)11-20-15-5-6-15/h4,7,9,15-16,20H,1-3,5-6,8,11-12H2. The summed E-state index contributed by atoms with van der Waals surface area (Å²) in [6.45, 7) is 2.96. The largest absolute Gasteiger partial charge is 0.312 e. The number of likely N-dealkylation sites (tertiary alicyclic amines) is 1. The Morgan fingerprint density at radius 3 is 2.90 bits per heavy atom. The average molecular weight is 287 g/mol. The van der Waals surface area contributed by atoms with Crippen LogP contribution in [0.5, 0.6) is 0 Å². The van der Waals surface area contributed by atoms with Crippen LogP contribution in [-0.2, 0) is 6.54 Å². The van der Waals surface area contributed by atoms with E-state index < -0.39 is 5.82 Å². The number of nitriles is 1. The normalized spacial score (nSPS) is 23.0. The van der Waals surface area contributed by atoms with Gasteiger partial charge in [-0.2, -0.15) is 5.26 Å². The summed E-state index contributed by atoms with van der Waals surface area (Å²) in [5.41, 5.74) is 1.18. The Morgan fingerprint density at radius 1 is 1.29 bits per heavy atom. The Bertz CT molecular complexity index is 533. The topological polar surface area (TPSA) is 39.1 Å². The van der Waals surface area contributed by atoms with Gasteiger partial charge in [0.25, 0.3) is 0 Å². The highest BCUT2D eigenvalue weighted by atomic mass is 19.1. The van der Waals surface area contributed by atoms with E-state index in [9.17, 15) is 4.39 Å². The maximum atomic E-state index is 13.4. The van der Waals surface area contributed by atoms with Gasteiger partial charge in [-0.3, -0.25) is 4.90 Å². The van der Waals surface area contributed by atoms with Crippen LogP contribution in [0, 0.1) is 17.1 Å². The molecule has 1 saturated heterocycles. The Morgan fingerprint density at radius 2 is 2.14 bits per heavy atom. The molecule has 112 valence electrons. The van der Waals surface area contributed by atoms with Crippen molar-refractivity contribution in [3.63, 3.8) is 0 Å². The second-order valence-electron chi connectivity index (χ2n) is 6.23. The molecule has 0 aromatic heterocycles. The van der Waals surface area contributed by atoms with E-state index in [2.05, 4.69) is 10.2 Å². The van der Waals surface area contributed by atoms with Crippen molar-refractivity contribution in [2.45, 2.75) is 50.7 Å². The fourth-order valence-electron chi connectivity index (χ4n) is 3.08. The van der Waals surface area contributed by atoms with Crippen LogP contribution in [0.1, 0.15) is 43.2 Å². The summed E-state index contributed by atoms with van der Waals surface area (Å²) in [5, 5.41) is 12.6. The van der Waals surface area contributed by atoms with Gasteiger partial charge in [-0.15, -0.1) is 0 Å². The molecule has 3 rings (SSSR count). The molecule has 0 radical (unpaired) electrons. The van der Waals surface area contributed by atoms with Gasteiger partial charge in [-0.25, -0.2) is 4.39 Å². The van der Waals surface area contributed by atoms with Gasteiger partial charge in [0.1, 0.15) is 11.9 Å². The Kier molecular flexibility index (Phi) is 4.52. The molecule has 4 heteroatoms. The van der Waals surface area contributed by atoms with Crippen LogP contribution in [-0.4, -0.2) is 30.1 Å². The van der Waals surface area contributed by atoms with E-state index >= 15 is 0 Å². The van der Waals surface area contributed by atoms with Crippen LogP contribution in [0.4, 0.5) is 4.39 Å².